The quantitative estimate of drug-likeness (QED) is 0.461. The molecule has 1 saturated heterocycles. The van der Waals surface area contributed by atoms with E-state index < -0.39 is 0 Å². The summed E-state index contributed by atoms with van der Waals surface area (Å²) in [6.45, 7) is 6.25. The number of H-pyrrole nitrogens is 2. The summed E-state index contributed by atoms with van der Waals surface area (Å²) in [5, 5.41) is 10.1. The summed E-state index contributed by atoms with van der Waals surface area (Å²) in [6.07, 6.45) is 3.72. The third-order valence-electron chi connectivity index (χ3n) is 6.67. The lowest BCUT2D eigenvalue weighted by atomic mass is 10.1. The number of hydrogen-bond acceptors (Lipinski definition) is 5. The van der Waals surface area contributed by atoms with Crippen LogP contribution in [0.2, 0.25) is 0 Å². The molecule has 1 aliphatic heterocycles. The van der Waals surface area contributed by atoms with E-state index in [4.69, 9.17) is 0 Å². The summed E-state index contributed by atoms with van der Waals surface area (Å²) in [5.41, 5.74) is 7.12. The summed E-state index contributed by atoms with van der Waals surface area (Å²) in [5.74, 6) is 0.960. The smallest absolute Gasteiger partial charge is 0.116 e. The van der Waals surface area contributed by atoms with Gasteiger partial charge >= 0.3 is 0 Å². The highest BCUT2D eigenvalue weighted by atomic mass is 15.2. The maximum Gasteiger partial charge on any atom is 0.116 e. The number of piperazine rings is 1. The van der Waals surface area contributed by atoms with Gasteiger partial charge in [-0.2, -0.15) is 5.10 Å². The van der Waals surface area contributed by atoms with Crippen LogP contribution < -0.4 is 4.90 Å². The van der Waals surface area contributed by atoms with E-state index in [1.807, 2.05) is 26.4 Å². The number of anilines is 1. The van der Waals surface area contributed by atoms with Crippen molar-refractivity contribution in [2.75, 3.05) is 38.1 Å². The molecular weight excluding hydrogens is 400 g/mol. The molecule has 0 amide bonds. The van der Waals surface area contributed by atoms with Crippen LogP contribution in [0.4, 0.5) is 5.69 Å². The summed E-state index contributed by atoms with van der Waals surface area (Å²) in [4.78, 5) is 17.5. The molecule has 5 heterocycles. The molecule has 4 aromatic heterocycles. The van der Waals surface area contributed by atoms with Crippen molar-refractivity contribution in [2.45, 2.75) is 6.92 Å². The standard InChI is InChI=1S/C24H26N8/c1-15-25-14-23(31(15)3)19-12-17-21(13-26-19)28-29-24(17)20-11-16-18(27-20)5-4-6-22(16)32-9-7-30(2)8-10-32/h4-6,11-14,27H,7-10H2,1-3H3,(H,28,29). The summed E-state index contributed by atoms with van der Waals surface area (Å²) >= 11 is 0. The zero-order chi connectivity index (χ0) is 21.8. The Hall–Kier alpha value is -3.65. The molecule has 1 aliphatic rings. The number of benzene rings is 1. The molecule has 6 rings (SSSR count). The van der Waals surface area contributed by atoms with Gasteiger partial charge in [0.2, 0.25) is 0 Å². The predicted octanol–water partition coefficient (Wildman–Crippen LogP) is 3.57. The Balaban J connectivity index is 1.45. The van der Waals surface area contributed by atoms with Crippen molar-refractivity contribution in [1.29, 1.82) is 0 Å². The van der Waals surface area contributed by atoms with E-state index in [-0.39, 0.29) is 0 Å². The molecule has 1 aromatic carbocycles. The van der Waals surface area contributed by atoms with Crippen LogP contribution in [-0.4, -0.2) is 67.8 Å². The minimum Gasteiger partial charge on any atom is -0.368 e. The Morgan fingerprint density at radius 1 is 0.906 bits per heavy atom. The van der Waals surface area contributed by atoms with E-state index in [1.165, 1.54) is 11.1 Å². The Labute approximate surface area is 185 Å². The van der Waals surface area contributed by atoms with Gasteiger partial charge in [-0.15, -0.1) is 0 Å². The molecule has 0 bridgehead atoms. The highest BCUT2D eigenvalue weighted by molar-refractivity contribution is 6.00. The first kappa shape index (κ1) is 19.1. The van der Waals surface area contributed by atoms with Gasteiger partial charge in [-0.1, -0.05) is 6.07 Å². The van der Waals surface area contributed by atoms with Crippen molar-refractivity contribution in [2.24, 2.45) is 7.05 Å². The molecule has 0 unspecified atom stereocenters. The van der Waals surface area contributed by atoms with Crippen molar-refractivity contribution in [3.8, 4) is 22.8 Å². The number of rotatable bonds is 3. The number of aryl methyl sites for hydroxylation is 1. The van der Waals surface area contributed by atoms with Crippen molar-refractivity contribution in [1.82, 2.24) is 34.6 Å². The summed E-state index contributed by atoms with van der Waals surface area (Å²) in [6, 6.07) is 10.8. The molecule has 0 atom stereocenters. The second-order valence-corrected chi connectivity index (χ2v) is 8.65. The molecule has 0 spiro atoms. The highest BCUT2D eigenvalue weighted by Gasteiger charge is 2.19. The fourth-order valence-electron chi connectivity index (χ4n) is 4.59. The topological polar surface area (TPSA) is 81.7 Å². The van der Waals surface area contributed by atoms with Gasteiger partial charge in [0.15, 0.2) is 0 Å². The zero-order valence-electron chi connectivity index (χ0n) is 18.6. The second kappa shape index (κ2) is 7.20. The predicted molar refractivity (Wildman–Crippen MR) is 128 cm³/mol. The Morgan fingerprint density at radius 3 is 2.53 bits per heavy atom. The first-order chi connectivity index (χ1) is 15.6. The van der Waals surface area contributed by atoms with Gasteiger partial charge in [0.1, 0.15) is 11.5 Å². The van der Waals surface area contributed by atoms with Crippen LogP contribution >= 0.6 is 0 Å². The molecule has 0 radical (unpaired) electrons. The fourth-order valence-corrected chi connectivity index (χ4v) is 4.59. The van der Waals surface area contributed by atoms with Crippen LogP contribution in [-0.2, 0) is 7.05 Å². The van der Waals surface area contributed by atoms with Gasteiger partial charge < -0.3 is 19.4 Å². The van der Waals surface area contributed by atoms with Crippen molar-refractivity contribution < 1.29 is 0 Å². The van der Waals surface area contributed by atoms with Crippen LogP contribution in [0.5, 0.6) is 0 Å². The minimum atomic E-state index is 0.887. The number of likely N-dealkylation sites (N-methyl/N-ethyl adjacent to an activating group) is 1. The largest absolute Gasteiger partial charge is 0.368 e. The number of imidazole rings is 1. The van der Waals surface area contributed by atoms with Gasteiger partial charge in [0.05, 0.1) is 35.0 Å². The van der Waals surface area contributed by atoms with Crippen molar-refractivity contribution >= 4 is 27.5 Å². The van der Waals surface area contributed by atoms with E-state index in [0.717, 1.165) is 71.2 Å². The van der Waals surface area contributed by atoms with Crippen molar-refractivity contribution in [3.63, 3.8) is 0 Å². The third-order valence-corrected chi connectivity index (χ3v) is 6.67. The molecule has 32 heavy (non-hydrogen) atoms. The number of nitrogens with one attached hydrogen (secondary N) is 2. The molecule has 8 nitrogen and oxygen atoms in total. The highest BCUT2D eigenvalue weighted by Crippen LogP contribution is 2.34. The number of fused-ring (bicyclic) bond motifs is 2. The monoisotopic (exact) mass is 426 g/mol. The number of nitrogens with zero attached hydrogens (tertiary/aromatic N) is 6. The first-order valence-corrected chi connectivity index (χ1v) is 11.0. The molecule has 2 N–H and O–H groups in total. The average Bonchev–Trinajstić information content (AvgIpc) is 3.50. The van der Waals surface area contributed by atoms with Gasteiger partial charge in [-0.3, -0.25) is 10.1 Å². The van der Waals surface area contributed by atoms with Crippen LogP contribution in [0.15, 0.2) is 42.7 Å². The van der Waals surface area contributed by atoms with E-state index in [9.17, 15) is 0 Å². The number of hydrogen-bond donors (Lipinski definition) is 2. The number of aromatic amines is 2. The lowest BCUT2D eigenvalue weighted by Crippen LogP contribution is -2.44. The van der Waals surface area contributed by atoms with E-state index >= 15 is 0 Å². The molecule has 162 valence electrons. The van der Waals surface area contributed by atoms with Gasteiger partial charge in [-0.05, 0) is 38.2 Å². The van der Waals surface area contributed by atoms with Gasteiger partial charge in [0.25, 0.3) is 0 Å². The van der Waals surface area contributed by atoms with Crippen LogP contribution in [0.25, 0.3) is 44.6 Å². The van der Waals surface area contributed by atoms with Crippen LogP contribution in [0, 0.1) is 6.92 Å². The average molecular weight is 427 g/mol. The fraction of sp³-hybridized carbons (Fsp3) is 0.292. The molecule has 5 aromatic rings. The Morgan fingerprint density at radius 2 is 1.75 bits per heavy atom. The van der Waals surface area contributed by atoms with Gasteiger partial charge in [-0.25, -0.2) is 4.98 Å². The lowest BCUT2D eigenvalue weighted by molar-refractivity contribution is 0.313. The van der Waals surface area contributed by atoms with E-state index in [2.05, 4.69) is 76.9 Å². The van der Waals surface area contributed by atoms with E-state index in [1.54, 1.807) is 0 Å². The first-order valence-electron chi connectivity index (χ1n) is 11.0. The molecule has 1 fully saturated rings. The summed E-state index contributed by atoms with van der Waals surface area (Å²) in [7, 11) is 4.20. The van der Waals surface area contributed by atoms with Crippen molar-refractivity contribution in [3.05, 3.63) is 48.5 Å². The maximum atomic E-state index is 4.64. The summed E-state index contributed by atoms with van der Waals surface area (Å²) < 4.78 is 2.05. The molecular formula is C24H26N8. The zero-order valence-corrected chi connectivity index (χ0v) is 18.6. The van der Waals surface area contributed by atoms with Crippen LogP contribution in [0.3, 0.4) is 0 Å². The van der Waals surface area contributed by atoms with E-state index in [0.29, 0.717) is 0 Å². The molecule has 8 heteroatoms. The third kappa shape index (κ3) is 2.98. The minimum absolute atomic E-state index is 0.887. The maximum absolute atomic E-state index is 4.64. The number of aromatic nitrogens is 6. The SMILES string of the molecule is Cc1ncc(-c2cc3c(-c4cc5c(N6CCN(C)CC6)cccc5[nH]4)n[nH]c3cn2)n1C. The molecule has 0 aliphatic carbocycles. The lowest BCUT2D eigenvalue weighted by Gasteiger charge is -2.34. The number of pyridine rings is 1. The Bertz CT molecular complexity index is 1430. The Kier molecular flexibility index (Phi) is 4.29. The molecule has 0 saturated carbocycles. The van der Waals surface area contributed by atoms with Gasteiger partial charge in [0, 0.05) is 55.2 Å². The second-order valence-electron chi connectivity index (χ2n) is 8.65. The van der Waals surface area contributed by atoms with Crippen LogP contribution in [0.1, 0.15) is 5.82 Å². The normalized spacial score (nSPS) is 15.3.